The number of hydrogen-bond acceptors (Lipinski definition) is 3. The van der Waals surface area contributed by atoms with E-state index >= 15 is 0 Å². The van der Waals surface area contributed by atoms with E-state index < -0.39 is 17.8 Å². The summed E-state index contributed by atoms with van der Waals surface area (Å²) in [5, 5.41) is -0.0550. The number of anilines is 1. The van der Waals surface area contributed by atoms with Gasteiger partial charge in [-0.2, -0.15) is 0 Å². The lowest BCUT2D eigenvalue weighted by Crippen LogP contribution is -2.31. The molecule has 19 heavy (non-hydrogen) atoms. The number of benzene rings is 1. The van der Waals surface area contributed by atoms with E-state index in [4.69, 9.17) is 23.1 Å². The third kappa shape index (κ3) is 2.23. The molecule has 1 heterocycles. The zero-order chi connectivity index (χ0) is 14.3. The van der Waals surface area contributed by atoms with E-state index in [9.17, 15) is 9.18 Å². The van der Waals surface area contributed by atoms with Crippen LogP contribution in [0.15, 0.2) is 12.1 Å². The molecule has 0 aliphatic carbocycles. The van der Waals surface area contributed by atoms with Gasteiger partial charge in [-0.15, -0.1) is 0 Å². The molecule has 0 spiro atoms. The van der Waals surface area contributed by atoms with Crippen molar-refractivity contribution in [3.63, 3.8) is 0 Å². The quantitative estimate of drug-likeness (QED) is 0.905. The average molecular weight is 285 g/mol. The van der Waals surface area contributed by atoms with Crippen LogP contribution in [-0.4, -0.2) is 15.5 Å². The Kier molecular flexibility index (Phi) is 3.36. The predicted molar refractivity (Wildman–Crippen MR) is 72.2 cm³/mol. The molecule has 0 aliphatic heterocycles. The first-order valence-corrected chi connectivity index (χ1v) is 6.12. The standard InChI is InChI=1S/C12H14ClFN4O/c1-5(2)10(11(15)19)18-9-3-6(13)7(14)4-8(9)17-12(18)16/h3-5,10H,1-2H3,(H2,15,19)(H2,16,17). The summed E-state index contributed by atoms with van der Waals surface area (Å²) in [6.07, 6.45) is 0. The normalized spacial score (nSPS) is 13.1. The van der Waals surface area contributed by atoms with Gasteiger partial charge in [0.05, 0.1) is 16.1 Å². The summed E-state index contributed by atoms with van der Waals surface area (Å²) < 4.78 is 14.9. The van der Waals surface area contributed by atoms with Gasteiger partial charge in [-0.3, -0.25) is 9.36 Å². The highest BCUT2D eigenvalue weighted by atomic mass is 35.5. The minimum absolute atomic E-state index is 0.0550. The summed E-state index contributed by atoms with van der Waals surface area (Å²) in [5.41, 5.74) is 12.0. The van der Waals surface area contributed by atoms with Crippen LogP contribution in [0.2, 0.25) is 5.02 Å². The number of hydrogen-bond donors (Lipinski definition) is 2. The van der Waals surface area contributed by atoms with Gasteiger partial charge in [0.2, 0.25) is 11.9 Å². The van der Waals surface area contributed by atoms with Crippen molar-refractivity contribution in [2.24, 2.45) is 11.7 Å². The lowest BCUT2D eigenvalue weighted by Gasteiger charge is -2.21. The molecule has 1 unspecified atom stereocenters. The summed E-state index contributed by atoms with van der Waals surface area (Å²) in [5.74, 6) is -1.09. The highest BCUT2D eigenvalue weighted by Gasteiger charge is 2.26. The number of aromatic nitrogens is 2. The fraction of sp³-hybridized carbons (Fsp3) is 0.333. The highest BCUT2D eigenvalue weighted by molar-refractivity contribution is 6.31. The Bertz CT molecular complexity index is 653. The maximum atomic E-state index is 13.4. The molecular weight excluding hydrogens is 271 g/mol. The first-order chi connectivity index (χ1) is 8.82. The van der Waals surface area contributed by atoms with Crippen LogP contribution in [0, 0.1) is 11.7 Å². The van der Waals surface area contributed by atoms with Crippen molar-refractivity contribution in [3.8, 4) is 0 Å². The van der Waals surface area contributed by atoms with Gasteiger partial charge in [0.25, 0.3) is 0 Å². The maximum absolute atomic E-state index is 13.4. The summed E-state index contributed by atoms with van der Waals surface area (Å²) in [6.45, 7) is 3.68. The van der Waals surface area contributed by atoms with Crippen molar-refractivity contribution >= 4 is 34.5 Å². The number of carbonyl (C=O) groups is 1. The van der Waals surface area contributed by atoms with Crippen LogP contribution in [0.1, 0.15) is 19.9 Å². The molecular formula is C12H14ClFN4O. The number of halogens is 2. The molecule has 2 aromatic rings. The van der Waals surface area contributed by atoms with Crippen molar-refractivity contribution in [3.05, 3.63) is 23.0 Å². The molecule has 0 bridgehead atoms. The van der Waals surface area contributed by atoms with Gasteiger partial charge in [0, 0.05) is 6.07 Å². The monoisotopic (exact) mass is 284 g/mol. The van der Waals surface area contributed by atoms with Crippen LogP contribution in [0.4, 0.5) is 10.3 Å². The molecule has 1 aromatic carbocycles. The van der Waals surface area contributed by atoms with Crippen LogP contribution < -0.4 is 11.5 Å². The molecule has 1 amide bonds. The lowest BCUT2D eigenvalue weighted by atomic mass is 10.0. The molecule has 0 saturated carbocycles. The number of rotatable bonds is 3. The number of carbonyl (C=O) groups excluding carboxylic acids is 1. The van der Waals surface area contributed by atoms with Crippen molar-refractivity contribution in [2.75, 3.05) is 5.73 Å². The van der Waals surface area contributed by atoms with Crippen LogP contribution in [-0.2, 0) is 4.79 Å². The van der Waals surface area contributed by atoms with E-state index in [0.717, 1.165) is 0 Å². The molecule has 4 N–H and O–H groups in total. The van der Waals surface area contributed by atoms with Gasteiger partial charge in [-0.1, -0.05) is 25.4 Å². The minimum atomic E-state index is -0.661. The summed E-state index contributed by atoms with van der Waals surface area (Å²) in [4.78, 5) is 15.6. The van der Waals surface area contributed by atoms with Crippen molar-refractivity contribution in [2.45, 2.75) is 19.9 Å². The number of nitrogen functional groups attached to an aromatic ring is 1. The fourth-order valence-corrected chi connectivity index (χ4v) is 2.31. The Morgan fingerprint density at radius 1 is 1.47 bits per heavy atom. The highest BCUT2D eigenvalue weighted by Crippen LogP contribution is 2.30. The minimum Gasteiger partial charge on any atom is -0.369 e. The van der Waals surface area contributed by atoms with Gasteiger partial charge >= 0.3 is 0 Å². The van der Waals surface area contributed by atoms with E-state index in [-0.39, 0.29) is 16.9 Å². The number of amides is 1. The first-order valence-electron chi connectivity index (χ1n) is 5.74. The molecule has 0 fully saturated rings. The Labute approximate surface area is 114 Å². The maximum Gasteiger partial charge on any atom is 0.240 e. The van der Waals surface area contributed by atoms with Gasteiger partial charge < -0.3 is 11.5 Å². The number of nitrogens with two attached hydrogens (primary N) is 2. The third-order valence-electron chi connectivity index (χ3n) is 2.96. The van der Waals surface area contributed by atoms with E-state index in [0.29, 0.717) is 11.0 Å². The second-order valence-electron chi connectivity index (χ2n) is 4.69. The van der Waals surface area contributed by atoms with Crippen molar-refractivity contribution in [1.29, 1.82) is 0 Å². The SMILES string of the molecule is CC(C)C(C(N)=O)n1c(N)nc2cc(F)c(Cl)cc21. The summed E-state index contributed by atoms with van der Waals surface area (Å²) in [7, 11) is 0. The Balaban J connectivity index is 2.75. The van der Waals surface area contributed by atoms with Gasteiger partial charge in [0.1, 0.15) is 11.9 Å². The number of fused-ring (bicyclic) bond motifs is 1. The van der Waals surface area contributed by atoms with Crippen LogP contribution in [0.25, 0.3) is 11.0 Å². The molecule has 102 valence electrons. The molecule has 1 atom stereocenters. The van der Waals surface area contributed by atoms with E-state index in [1.165, 1.54) is 16.7 Å². The van der Waals surface area contributed by atoms with Gasteiger partial charge in [0.15, 0.2) is 0 Å². The van der Waals surface area contributed by atoms with Gasteiger partial charge in [-0.25, -0.2) is 9.37 Å². The van der Waals surface area contributed by atoms with Crippen LogP contribution >= 0.6 is 11.6 Å². The largest absolute Gasteiger partial charge is 0.369 e. The average Bonchev–Trinajstić information content (AvgIpc) is 2.56. The molecule has 0 aliphatic rings. The third-order valence-corrected chi connectivity index (χ3v) is 3.25. The Morgan fingerprint density at radius 2 is 2.11 bits per heavy atom. The fourth-order valence-electron chi connectivity index (χ4n) is 2.16. The molecule has 2 rings (SSSR count). The van der Waals surface area contributed by atoms with E-state index in [1.54, 1.807) is 0 Å². The number of nitrogens with zero attached hydrogens (tertiary/aromatic N) is 2. The smallest absolute Gasteiger partial charge is 0.240 e. The summed E-state index contributed by atoms with van der Waals surface area (Å²) >= 11 is 5.76. The Hall–Kier alpha value is -1.82. The van der Waals surface area contributed by atoms with Crippen LogP contribution in [0.3, 0.4) is 0 Å². The van der Waals surface area contributed by atoms with Crippen molar-refractivity contribution < 1.29 is 9.18 Å². The molecule has 5 nitrogen and oxygen atoms in total. The lowest BCUT2D eigenvalue weighted by molar-refractivity contribution is -0.122. The number of primary amides is 1. The molecule has 1 aromatic heterocycles. The predicted octanol–water partition coefficient (Wildman–Crippen LogP) is 2.09. The Morgan fingerprint density at radius 3 is 2.63 bits per heavy atom. The molecule has 0 saturated heterocycles. The van der Waals surface area contributed by atoms with E-state index in [1.807, 2.05) is 13.8 Å². The second kappa shape index (κ2) is 4.70. The zero-order valence-electron chi connectivity index (χ0n) is 10.5. The molecule has 7 heteroatoms. The van der Waals surface area contributed by atoms with Crippen molar-refractivity contribution in [1.82, 2.24) is 9.55 Å². The second-order valence-corrected chi connectivity index (χ2v) is 5.09. The first kappa shape index (κ1) is 13.6. The summed E-state index contributed by atoms with van der Waals surface area (Å²) in [6, 6.07) is 1.92. The van der Waals surface area contributed by atoms with E-state index in [2.05, 4.69) is 4.98 Å². The van der Waals surface area contributed by atoms with Gasteiger partial charge in [-0.05, 0) is 12.0 Å². The number of imidazole rings is 1. The zero-order valence-corrected chi connectivity index (χ0v) is 11.3. The topological polar surface area (TPSA) is 86.9 Å². The molecule has 0 radical (unpaired) electrons. The van der Waals surface area contributed by atoms with Crippen LogP contribution in [0.5, 0.6) is 0 Å².